The van der Waals surface area contributed by atoms with Gasteiger partial charge in [0.05, 0.1) is 12.7 Å². The summed E-state index contributed by atoms with van der Waals surface area (Å²) in [6.07, 6.45) is 1.85. The van der Waals surface area contributed by atoms with E-state index in [1.807, 2.05) is 13.0 Å². The van der Waals surface area contributed by atoms with Crippen LogP contribution in [0.4, 0.5) is 0 Å². The lowest BCUT2D eigenvalue weighted by molar-refractivity contribution is 0.0920. The van der Waals surface area contributed by atoms with E-state index in [9.17, 15) is 9.36 Å². The zero-order valence-corrected chi connectivity index (χ0v) is 13.3. The van der Waals surface area contributed by atoms with Crippen LogP contribution >= 0.6 is 7.37 Å². The number of ether oxygens (including phenoxy) is 1. The molecule has 0 fully saturated rings. The maximum atomic E-state index is 12.0. The summed E-state index contributed by atoms with van der Waals surface area (Å²) in [5.74, 6) is 0. The van der Waals surface area contributed by atoms with Crippen LogP contribution in [0.2, 0.25) is 0 Å². The van der Waals surface area contributed by atoms with Crippen molar-refractivity contribution in [2.45, 2.75) is 26.4 Å². The van der Waals surface area contributed by atoms with Crippen LogP contribution < -0.4 is 5.56 Å². The Kier molecular flexibility index (Phi) is 4.98. The van der Waals surface area contributed by atoms with Crippen LogP contribution in [0.5, 0.6) is 0 Å². The van der Waals surface area contributed by atoms with E-state index in [-0.39, 0.29) is 18.0 Å². The highest BCUT2D eigenvalue weighted by Crippen LogP contribution is 2.42. The van der Waals surface area contributed by atoms with Gasteiger partial charge in [-0.05, 0) is 26.0 Å². The molecular weight excluding hydrogens is 293 g/mol. The van der Waals surface area contributed by atoms with Crippen LogP contribution in [0, 0.1) is 0 Å². The van der Waals surface area contributed by atoms with Gasteiger partial charge >= 0.3 is 0 Å². The van der Waals surface area contributed by atoms with Crippen molar-refractivity contribution in [2.75, 3.05) is 19.6 Å². The molecule has 0 aliphatic carbocycles. The second kappa shape index (κ2) is 6.56. The summed E-state index contributed by atoms with van der Waals surface area (Å²) in [5, 5.41) is 4.12. The summed E-state index contributed by atoms with van der Waals surface area (Å²) in [6.45, 7) is 5.66. The van der Waals surface area contributed by atoms with Gasteiger partial charge in [0.25, 0.3) is 5.56 Å². The molecule has 0 bridgehead atoms. The number of nitrogens with one attached hydrogen (secondary N) is 1. The fourth-order valence-electron chi connectivity index (χ4n) is 2.08. The first-order chi connectivity index (χ1) is 9.93. The number of hydrogen-bond donors (Lipinski definition) is 1. The SMILES string of the molecule is CCOP(C)(=O)COC(C)Cc1ccc2c(=O)[nH]cnn12. The molecule has 21 heavy (non-hydrogen) atoms. The fraction of sp³-hybridized carbons (Fsp3) is 0.538. The van der Waals surface area contributed by atoms with Gasteiger partial charge in [-0.2, -0.15) is 5.10 Å². The van der Waals surface area contributed by atoms with E-state index in [1.165, 1.54) is 6.33 Å². The molecule has 2 unspecified atom stereocenters. The van der Waals surface area contributed by atoms with Crippen molar-refractivity contribution < 1.29 is 13.8 Å². The minimum Gasteiger partial charge on any atom is -0.368 e. The summed E-state index contributed by atoms with van der Waals surface area (Å²) in [6, 6.07) is 3.56. The molecule has 1 N–H and O–H groups in total. The minimum atomic E-state index is -2.69. The van der Waals surface area contributed by atoms with Gasteiger partial charge in [-0.1, -0.05) is 0 Å². The Balaban J connectivity index is 2.02. The van der Waals surface area contributed by atoms with Gasteiger partial charge in [-0.15, -0.1) is 0 Å². The van der Waals surface area contributed by atoms with Crippen LogP contribution in [0.3, 0.4) is 0 Å². The first kappa shape index (κ1) is 15.9. The predicted octanol–water partition coefficient (Wildman–Crippen LogP) is 1.87. The minimum absolute atomic E-state index is 0.0827. The topological polar surface area (TPSA) is 85.7 Å². The van der Waals surface area contributed by atoms with Crippen LogP contribution in [-0.4, -0.2) is 40.3 Å². The average Bonchev–Trinajstić information content (AvgIpc) is 2.81. The molecule has 2 atom stereocenters. The summed E-state index contributed by atoms with van der Waals surface area (Å²) < 4.78 is 24.3. The molecule has 116 valence electrons. The zero-order valence-electron chi connectivity index (χ0n) is 12.4. The van der Waals surface area contributed by atoms with Gasteiger partial charge < -0.3 is 14.2 Å². The number of fused-ring (bicyclic) bond motifs is 1. The standard InChI is InChI=1S/C13H20N3O4P/c1-4-20-21(3,18)9-19-10(2)7-11-5-6-12-13(17)14-8-15-16(11)12/h5-6,8,10H,4,7,9H2,1-3H3,(H,14,15,17). The lowest BCUT2D eigenvalue weighted by Crippen LogP contribution is -2.17. The number of nitrogens with zero attached hydrogens (tertiary/aromatic N) is 2. The quantitative estimate of drug-likeness (QED) is 0.789. The molecule has 2 rings (SSSR count). The number of H-pyrrole nitrogens is 1. The van der Waals surface area contributed by atoms with E-state index in [0.29, 0.717) is 18.5 Å². The van der Waals surface area contributed by atoms with E-state index in [4.69, 9.17) is 9.26 Å². The first-order valence-electron chi connectivity index (χ1n) is 6.80. The molecule has 0 saturated heterocycles. The van der Waals surface area contributed by atoms with Crippen molar-refractivity contribution in [3.8, 4) is 0 Å². The van der Waals surface area contributed by atoms with Crippen molar-refractivity contribution in [2.24, 2.45) is 0 Å². The van der Waals surface area contributed by atoms with Crippen LogP contribution in [0.25, 0.3) is 5.52 Å². The third-order valence-electron chi connectivity index (χ3n) is 3.03. The Morgan fingerprint density at radius 3 is 2.95 bits per heavy atom. The van der Waals surface area contributed by atoms with Crippen molar-refractivity contribution in [1.82, 2.24) is 14.6 Å². The number of aromatic nitrogens is 3. The van der Waals surface area contributed by atoms with Crippen molar-refractivity contribution in [1.29, 1.82) is 0 Å². The molecule has 0 amide bonds. The van der Waals surface area contributed by atoms with Crippen LogP contribution in [0.15, 0.2) is 23.3 Å². The first-order valence-corrected chi connectivity index (χ1v) is 9.05. The number of rotatable bonds is 7. The maximum Gasteiger partial charge on any atom is 0.275 e. The third kappa shape index (κ3) is 4.03. The molecule has 0 aliphatic rings. The van der Waals surface area contributed by atoms with Crippen LogP contribution in [-0.2, 0) is 20.2 Å². The van der Waals surface area contributed by atoms with E-state index in [2.05, 4.69) is 10.1 Å². The Bertz CT molecular complexity index is 709. The Labute approximate surface area is 122 Å². The summed E-state index contributed by atoms with van der Waals surface area (Å²) in [4.78, 5) is 14.1. The molecular formula is C13H20N3O4P. The number of aromatic amines is 1. The highest BCUT2D eigenvalue weighted by molar-refractivity contribution is 7.57. The van der Waals surface area contributed by atoms with E-state index in [0.717, 1.165) is 5.69 Å². The molecule has 0 saturated carbocycles. The molecule has 0 radical (unpaired) electrons. The van der Waals surface area contributed by atoms with Crippen molar-refractivity contribution in [3.05, 3.63) is 34.5 Å². The number of hydrogen-bond acceptors (Lipinski definition) is 5. The molecule has 2 aromatic rings. The smallest absolute Gasteiger partial charge is 0.275 e. The van der Waals surface area contributed by atoms with E-state index < -0.39 is 7.37 Å². The summed E-state index contributed by atoms with van der Waals surface area (Å²) in [5.41, 5.74) is 1.18. The maximum absolute atomic E-state index is 12.0. The predicted molar refractivity (Wildman–Crippen MR) is 80.1 cm³/mol. The van der Waals surface area contributed by atoms with Crippen molar-refractivity contribution in [3.63, 3.8) is 0 Å². The lowest BCUT2D eigenvalue weighted by Gasteiger charge is -2.17. The Morgan fingerprint density at radius 1 is 1.48 bits per heavy atom. The largest absolute Gasteiger partial charge is 0.368 e. The fourth-order valence-corrected chi connectivity index (χ4v) is 3.23. The van der Waals surface area contributed by atoms with Crippen LogP contribution in [0.1, 0.15) is 19.5 Å². The molecule has 0 aliphatic heterocycles. The van der Waals surface area contributed by atoms with E-state index >= 15 is 0 Å². The van der Waals surface area contributed by atoms with Gasteiger partial charge in [-0.3, -0.25) is 9.36 Å². The normalized spacial score (nSPS) is 16.0. The molecule has 8 heteroatoms. The second-order valence-corrected chi connectivity index (χ2v) is 7.53. The highest BCUT2D eigenvalue weighted by Gasteiger charge is 2.18. The summed E-state index contributed by atoms with van der Waals surface area (Å²) >= 11 is 0. The highest BCUT2D eigenvalue weighted by atomic mass is 31.2. The molecule has 2 heterocycles. The third-order valence-corrected chi connectivity index (χ3v) is 4.45. The van der Waals surface area contributed by atoms with Gasteiger partial charge in [0.2, 0.25) is 7.37 Å². The second-order valence-electron chi connectivity index (χ2n) is 4.98. The molecule has 0 aromatic carbocycles. The van der Waals surface area contributed by atoms with Crippen molar-refractivity contribution >= 4 is 12.9 Å². The van der Waals surface area contributed by atoms with Gasteiger partial charge in [0, 0.05) is 18.8 Å². The van der Waals surface area contributed by atoms with Gasteiger partial charge in [-0.25, -0.2) is 4.52 Å². The lowest BCUT2D eigenvalue weighted by atomic mass is 10.2. The zero-order chi connectivity index (χ0) is 15.5. The monoisotopic (exact) mass is 313 g/mol. The van der Waals surface area contributed by atoms with E-state index in [1.54, 1.807) is 24.2 Å². The average molecular weight is 313 g/mol. The summed E-state index contributed by atoms with van der Waals surface area (Å²) in [7, 11) is -2.69. The molecule has 0 spiro atoms. The Hall–Kier alpha value is -1.43. The van der Waals surface area contributed by atoms with Gasteiger partial charge in [0.1, 0.15) is 18.2 Å². The Morgan fingerprint density at radius 2 is 2.24 bits per heavy atom. The molecule has 7 nitrogen and oxygen atoms in total. The van der Waals surface area contributed by atoms with Gasteiger partial charge in [0.15, 0.2) is 0 Å². The molecule has 2 aromatic heterocycles.